The van der Waals surface area contributed by atoms with Crippen LogP contribution in [0.1, 0.15) is 64.7 Å². The van der Waals surface area contributed by atoms with Crippen LogP contribution in [0.2, 0.25) is 0 Å². The van der Waals surface area contributed by atoms with Gasteiger partial charge in [-0.3, -0.25) is 0 Å². The van der Waals surface area contributed by atoms with E-state index in [1.165, 1.54) is 57.8 Å². The monoisotopic (exact) mass is 249 g/mol. The highest BCUT2D eigenvalue weighted by atomic mass is 14.9. The maximum atomic E-state index is 3.80. The molecule has 0 aromatic rings. The van der Waals surface area contributed by atoms with E-state index in [2.05, 4.69) is 24.9 Å². The van der Waals surface area contributed by atoms with Crippen LogP contribution in [0.3, 0.4) is 0 Å². The predicted molar refractivity (Wildman–Crippen MR) is 79.7 cm³/mol. The van der Waals surface area contributed by atoms with Crippen molar-refractivity contribution in [2.24, 2.45) is 17.8 Å². The first-order valence-corrected chi connectivity index (χ1v) is 8.22. The zero-order chi connectivity index (χ0) is 12.8. The van der Waals surface area contributed by atoms with Crippen molar-refractivity contribution in [2.75, 3.05) is 6.54 Å². The molecule has 0 bridgehead atoms. The second-order valence-corrected chi connectivity index (χ2v) is 6.28. The smallest absolute Gasteiger partial charge is 0.0101 e. The highest BCUT2D eigenvalue weighted by molar-refractivity contribution is 5.04. The van der Waals surface area contributed by atoms with Crippen LogP contribution in [0.4, 0.5) is 0 Å². The van der Waals surface area contributed by atoms with Gasteiger partial charge in [0, 0.05) is 6.04 Å². The number of fused-ring (bicyclic) bond motifs is 1. The summed E-state index contributed by atoms with van der Waals surface area (Å²) in [5.41, 5.74) is 0. The SMILES string of the molecule is C=CCCCCCC(NCC)C1C2CCCCC21. The molecule has 18 heavy (non-hydrogen) atoms. The van der Waals surface area contributed by atoms with Gasteiger partial charge in [0.15, 0.2) is 0 Å². The minimum Gasteiger partial charge on any atom is -0.314 e. The lowest BCUT2D eigenvalue weighted by Crippen LogP contribution is -2.32. The minimum atomic E-state index is 0.826. The van der Waals surface area contributed by atoms with Gasteiger partial charge in [-0.1, -0.05) is 38.7 Å². The van der Waals surface area contributed by atoms with Gasteiger partial charge in [-0.15, -0.1) is 6.58 Å². The Bertz CT molecular complexity index is 236. The van der Waals surface area contributed by atoms with E-state index in [0.717, 1.165) is 30.3 Å². The molecule has 0 saturated heterocycles. The molecule has 0 amide bonds. The van der Waals surface area contributed by atoms with E-state index in [-0.39, 0.29) is 0 Å². The largest absolute Gasteiger partial charge is 0.314 e. The molecule has 3 atom stereocenters. The second-order valence-electron chi connectivity index (χ2n) is 6.28. The van der Waals surface area contributed by atoms with Crippen molar-refractivity contribution < 1.29 is 0 Å². The van der Waals surface area contributed by atoms with E-state index in [4.69, 9.17) is 0 Å². The van der Waals surface area contributed by atoms with Gasteiger partial charge in [0.2, 0.25) is 0 Å². The Morgan fingerprint density at radius 1 is 1.17 bits per heavy atom. The standard InChI is InChI=1S/C17H31N/c1-3-5-6-7-8-13-16(18-4-2)17-14-11-9-10-12-15(14)17/h3,14-18H,1,4-13H2,2H3. The van der Waals surface area contributed by atoms with Crippen LogP contribution in [-0.4, -0.2) is 12.6 Å². The molecule has 2 rings (SSSR count). The molecule has 0 aromatic heterocycles. The number of hydrogen-bond acceptors (Lipinski definition) is 1. The summed E-state index contributed by atoms with van der Waals surface area (Å²) in [4.78, 5) is 0. The van der Waals surface area contributed by atoms with Crippen molar-refractivity contribution in [3.05, 3.63) is 12.7 Å². The molecule has 3 unspecified atom stereocenters. The number of hydrogen-bond donors (Lipinski definition) is 1. The highest BCUT2D eigenvalue weighted by Gasteiger charge is 2.53. The van der Waals surface area contributed by atoms with E-state index >= 15 is 0 Å². The van der Waals surface area contributed by atoms with Crippen LogP contribution in [0.25, 0.3) is 0 Å². The summed E-state index contributed by atoms with van der Waals surface area (Å²) in [6, 6.07) is 0.826. The molecule has 2 fully saturated rings. The number of rotatable bonds is 9. The zero-order valence-corrected chi connectivity index (χ0v) is 12.2. The summed E-state index contributed by atoms with van der Waals surface area (Å²) in [6.07, 6.45) is 14.8. The third-order valence-corrected chi connectivity index (χ3v) is 5.08. The summed E-state index contributed by atoms with van der Waals surface area (Å²) in [5.74, 6) is 3.22. The Balaban J connectivity index is 1.69. The number of unbranched alkanes of at least 4 members (excludes halogenated alkanes) is 3. The molecule has 0 aromatic carbocycles. The van der Waals surface area contributed by atoms with Crippen molar-refractivity contribution in [2.45, 2.75) is 70.8 Å². The van der Waals surface area contributed by atoms with Gasteiger partial charge >= 0.3 is 0 Å². The first-order chi connectivity index (χ1) is 8.88. The topological polar surface area (TPSA) is 12.0 Å². The van der Waals surface area contributed by atoms with Gasteiger partial charge in [0.05, 0.1) is 0 Å². The average molecular weight is 249 g/mol. The lowest BCUT2D eigenvalue weighted by Gasteiger charge is -2.18. The number of nitrogens with one attached hydrogen (secondary N) is 1. The van der Waals surface area contributed by atoms with Gasteiger partial charge < -0.3 is 5.32 Å². The van der Waals surface area contributed by atoms with Crippen molar-refractivity contribution in [3.63, 3.8) is 0 Å². The van der Waals surface area contributed by atoms with Crippen LogP contribution in [0, 0.1) is 17.8 Å². The fourth-order valence-electron chi connectivity index (χ4n) is 4.17. The molecular weight excluding hydrogens is 218 g/mol. The third-order valence-electron chi connectivity index (χ3n) is 5.08. The van der Waals surface area contributed by atoms with Crippen molar-refractivity contribution >= 4 is 0 Å². The van der Waals surface area contributed by atoms with E-state index in [1.54, 1.807) is 0 Å². The summed E-state index contributed by atoms with van der Waals surface area (Å²) < 4.78 is 0. The van der Waals surface area contributed by atoms with Crippen LogP contribution in [0.15, 0.2) is 12.7 Å². The lowest BCUT2D eigenvalue weighted by atomic mass is 10.0. The average Bonchev–Trinajstić information content (AvgIpc) is 3.11. The van der Waals surface area contributed by atoms with Gasteiger partial charge in [-0.2, -0.15) is 0 Å². The highest BCUT2D eigenvalue weighted by Crippen LogP contribution is 2.57. The van der Waals surface area contributed by atoms with Gasteiger partial charge in [-0.25, -0.2) is 0 Å². The fourth-order valence-corrected chi connectivity index (χ4v) is 4.17. The Kier molecular flexibility index (Phi) is 5.75. The Hall–Kier alpha value is -0.300. The molecule has 2 aliphatic carbocycles. The quantitative estimate of drug-likeness (QED) is 0.467. The Labute approximate surface area is 113 Å². The normalized spacial score (nSPS) is 31.7. The van der Waals surface area contributed by atoms with Gasteiger partial charge in [0.25, 0.3) is 0 Å². The molecule has 0 spiro atoms. The molecule has 104 valence electrons. The van der Waals surface area contributed by atoms with E-state index < -0.39 is 0 Å². The first kappa shape index (κ1) is 14.1. The van der Waals surface area contributed by atoms with E-state index in [9.17, 15) is 0 Å². The second kappa shape index (κ2) is 7.33. The summed E-state index contributed by atoms with van der Waals surface area (Å²) in [7, 11) is 0. The van der Waals surface area contributed by atoms with Crippen molar-refractivity contribution in [1.82, 2.24) is 5.32 Å². The predicted octanol–water partition coefficient (Wildman–Crippen LogP) is 4.54. The fraction of sp³-hybridized carbons (Fsp3) is 0.882. The lowest BCUT2D eigenvalue weighted by molar-refractivity contribution is 0.399. The molecule has 0 radical (unpaired) electrons. The van der Waals surface area contributed by atoms with Crippen LogP contribution >= 0.6 is 0 Å². The maximum Gasteiger partial charge on any atom is 0.0101 e. The third kappa shape index (κ3) is 3.60. The minimum absolute atomic E-state index is 0.826. The maximum absolute atomic E-state index is 3.80. The summed E-state index contributed by atoms with van der Waals surface area (Å²) in [6.45, 7) is 7.20. The number of allylic oxidation sites excluding steroid dienone is 1. The van der Waals surface area contributed by atoms with Gasteiger partial charge in [-0.05, 0) is 56.4 Å². The summed E-state index contributed by atoms with van der Waals surface area (Å²) in [5, 5.41) is 3.77. The molecule has 2 aliphatic rings. The first-order valence-electron chi connectivity index (χ1n) is 8.22. The zero-order valence-electron chi connectivity index (χ0n) is 12.2. The Morgan fingerprint density at radius 3 is 2.50 bits per heavy atom. The van der Waals surface area contributed by atoms with Crippen LogP contribution in [-0.2, 0) is 0 Å². The Morgan fingerprint density at radius 2 is 1.89 bits per heavy atom. The molecule has 2 saturated carbocycles. The van der Waals surface area contributed by atoms with Crippen LogP contribution < -0.4 is 5.32 Å². The molecule has 0 aliphatic heterocycles. The van der Waals surface area contributed by atoms with Crippen molar-refractivity contribution in [3.8, 4) is 0 Å². The summed E-state index contributed by atoms with van der Waals surface area (Å²) >= 11 is 0. The van der Waals surface area contributed by atoms with Crippen molar-refractivity contribution in [1.29, 1.82) is 0 Å². The molecule has 1 heteroatoms. The molecular formula is C17H31N. The van der Waals surface area contributed by atoms with Crippen LogP contribution in [0.5, 0.6) is 0 Å². The molecule has 1 nitrogen and oxygen atoms in total. The molecule has 0 heterocycles. The molecule has 1 N–H and O–H groups in total. The van der Waals surface area contributed by atoms with E-state index in [0.29, 0.717) is 0 Å². The van der Waals surface area contributed by atoms with E-state index in [1.807, 2.05) is 0 Å². The van der Waals surface area contributed by atoms with Gasteiger partial charge in [0.1, 0.15) is 0 Å².